The number of carbonyl (C=O) groups excluding carboxylic acids is 1. The molecule has 2 aromatic carbocycles. The summed E-state index contributed by atoms with van der Waals surface area (Å²) in [7, 11) is 1.60. The summed E-state index contributed by atoms with van der Waals surface area (Å²) in [5, 5.41) is 7.00. The van der Waals surface area contributed by atoms with Gasteiger partial charge in [-0.05, 0) is 49.6 Å². The lowest BCUT2D eigenvalue weighted by Crippen LogP contribution is -2.45. The Morgan fingerprint density at radius 1 is 1.30 bits per heavy atom. The first kappa shape index (κ1) is 18.9. The van der Waals surface area contributed by atoms with Crippen LogP contribution in [-0.2, 0) is 16.1 Å². The molecule has 0 radical (unpaired) electrons. The summed E-state index contributed by atoms with van der Waals surface area (Å²) in [4.78, 5) is 18.0. The fourth-order valence-electron chi connectivity index (χ4n) is 3.06. The highest BCUT2D eigenvalue weighted by Crippen LogP contribution is 2.30. The van der Waals surface area contributed by atoms with Crippen LogP contribution in [-0.4, -0.2) is 30.9 Å². The van der Waals surface area contributed by atoms with E-state index in [-0.39, 0.29) is 11.7 Å². The summed E-state index contributed by atoms with van der Waals surface area (Å²) < 4.78 is 18.5. The predicted octanol–water partition coefficient (Wildman–Crippen LogP) is 3.47. The number of methoxy groups -OCH3 is 1. The van der Waals surface area contributed by atoms with Gasteiger partial charge < -0.3 is 14.9 Å². The Hall–Kier alpha value is -2.89. The average Bonchev–Trinajstić information content (AvgIpc) is 3.08. The van der Waals surface area contributed by atoms with Crippen LogP contribution in [0.2, 0.25) is 0 Å². The number of aryl methyl sites for hydroxylation is 1. The number of ether oxygens (including phenoxy) is 1. The minimum absolute atomic E-state index is 0.213. The van der Waals surface area contributed by atoms with Gasteiger partial charge in [-0.15, -0.1) is 0 Å². The number of para-hydroxylation sites is 1. The lowest BCUT2D eigenvalue weighted by molar-refractivity contribution is -0.141. The number of amides is 1. The second-order valence-corrected chi connectivity index (χ2v) is 6.73. The summed E-state index contributed by atoms with van der Waals surface area (Å²) in [6.07, 6.45) is 1.77. The van der Waals surface area contributed by atoms with Crippen molar-refractivity contribution in [3.63, 3.8) is 0 Å². The van der Waals surface area contributed by atoms with Gasteiger partial charge in [0.1, 0.15) is 11.6 Å². The number of benzene rings is 2. The third kappa shape index (κ3) is 4.45. The van der Waals surface area contributed by atoms with Gasteiger partial charge >= 0.3 is 0 Å². The normalized spacial score (nSPS) is 18.6. The maximum Gasteiger partial charge on any atom is 0.267 e. The monoisotopic (exact) mass is 370 g/mol. The molecule has 0 spiro atoms. The first-order valence-corrected chi connectivity index (χ1v) is 8.93. The molecule has 1 heterocycles. The highest BCUT2D eigenvalue weighted by atomic mass is 19.1. The lowest BCUT2D eigenvalue weighted by Gasteiger charge is -2.20. The quantitative estimate of drug-likeness (QED) is 0.760. The molecule has 0 aliphatic carbocycles. The Balaban J connectivity index is 1.52. The summed E-state index contributed by atoms with van der Waals surface area (Å²) in [5.74, 6) is 0.236. The largest absolute Gasteiger partial charge is 0.496 e. The summed E-state index contributed by atoms with van der Waals surface area (Å²) in [6.45, 7) is 2.21. The molecule has 142 valence electrons. The molecule has 1 amide bonds. The molecule has 1 atom stereocenters. The fourth-order valence-corrected chi connectivity index (χ4v) is 3.06. The molecule has 5 nitrogen and oxygen atoms in total. The van der Waals surface area contributed by atoms with E-state index in [9.17, 15) is 9.18 Å². The molecule has 0 bridgehead atoms. The van der Waals surface area contributed by atoms with Crippen LogP contribution in [0.5, 0.6) is 5.75 Å². The first-order valence-electron chi connectivity index (χ1n) is 8.93. The van der Waals surface area contributed by atoms with E-state index in [0.717, 1.165) is 11.1 Å². The van der Waals surface area contributed by atoms with Gasteiger partial charge in [0.05, 0.1) is 12.8 Å². The van der Waals surface area contributed by atoms with Gasteiger partial charge in [0.2, 0.25) is 5.60 Å². The van der Waals surface area contributed by atoms with Crippen LogP contribution in [0, 0.1) is 5.82 Å². The number of hydrogen-bond donors (Lipinski definition) is 1. The van der Waals surface area contributed by atoms with Gasteiger partial charge in [-0.2, -0.15) is 0 Å². The maximum atomic E-state index is 13.2. The van der Waals surface area contributed by atoms with Gasteiger partial charge in [-0.25, -0.2) is 4.39 Å². The molecule has 1 unspecified atom stereocenters. The van der Waals surface area contributed by atoms with Crippen molar-refractivity contribution in [1.29, 1.82) is 0 Å². The van der Waals surface area contributed by atoms with Crippen molar-refractivity contribution in [2.45, 2.75) is 31.8 Å². The van der Waals surface area contributed by atoms with Gasteiger partial charge in [0.25, 0.3) is 5.91 Å². The van der Waals surface area contributed by atoms with Crippen LogP contribution in [0.25, 0.3) is 0 Å². The Morgan fingerprint density at radius 3 is 2.89 bits per heavy atom. The van der Waals surface area contributed by atoms with Crippen LogP contribution >= 0.6 is 0 Å². The van der Waals surface area contributed by atoms with E-state index in [1.54, 1.807) is 20.1 Å². The standard InChI is InChI=1S/C21H23FN2O3/c1-21(14-18(24-27-21)17-10-3-4-11-19(17)26-2)20(25)23-12-6-8-15-7-5-9-16(22)13-15/h3-5,7,9-11,13H,6,8,12,14H2,1-2H3,(H,23,25). The van der Waals surface area contributed by atoms with Gasteiger partial charge in [0, 0.05) is 18.5 Å². The minimum atomic E-state index is -1.05. The average molecular weight is 370 g/mol. The van der Waals surface area contributed by atoms with Crippen LogP contribution in [0.3, 0.4) is 0 Å². The molecule has 2 aromatic rings. The van der Waals surface area contributed by atoms with E-state index in [2.05, 4.69) is 10.5 Å². The zero-order valence-corrected chi connectivity index (χ0v) is 15.5. The molecular weight excluding hydrogens is 347 g/mol. The summed E-state index contributed by atoms with van der Waals surface area (Å²) in [6, 6.07) is 14.0. The van der Waals surface area contributed by atoms with Crippen LogP contribution in [0.15, 0.2) is 53.7 Å². The number of oxime groups is 1. The molecule has 1 N–H and O–H groups in total. The topological polar surface area (TPSA) is 59.9 Å². The number of hydrogen-bond acceptors (Lipinski definition) is 4. The zero-order chi connectivity index (χ0) is 19.3. The molecule has 0 fully saturated rings. The molecule has 27 heavy (non-hydrogen) atoms. The molecule has 1 aliphatic heterocycles. The number of halogens is 1. The van der Waals surface area contributed by atoms with Crippen molar-refractivity contribution in [2.24, 2.45) is 5.16 Å². The van der Waals surface area contributed by atoms with E-state index >= 15 is 0 Å². The van der Waals surface area contributed by atoms with Crippen molar-refractivity contribution in [2.75, 3.05) is 13.7 Å². The molecule has 0 saturated carbocycles. The molecule has 1 aliphatic rings. The zero-order valence-electron chi connectivity index (χ0n) is 15.5. The second-order valence-electron chi connectivity index (χ2n) is 6.73. The third-order valence-corrected chi connectivity index (χ3v) is 4.58. The van der Waals surface area contributed by atoms with E-state index in [1.807, 2.05) is 30.3 Å². The highest BCUT2D eigenvalue weighted by Gasteiger charge is 2.42. The smallest absolute Gasteiger partial charge is 0.267 e. The van der Waals surface area contributed by atoms with E-state index in [0.29, 0.717) is 37.3 Å². The van der Waals surface area contributed by atoms with Crippen LogP contribution in [0.4, 0.5) is 4.39 Å². The van der Waals surface area contributed by atoms with Gasteiger partial charge in [-0.1, -0.05) is 29.4 Å². The number of rotatable bonds is 7. The Labute approximate surface area is 158 Å². The summed E-state index contributed by atoms with van der Waals surface area (Å²) in [5.41, 5.74) is 1.37. The Bertz CT molecular complexity index is 853. The third-order valence-electron chi connectivity index (χ3n) is 4.58. The number of nitrogens with one attached hydrogen (secondary N) is 1. The lowest BCUT2D eigenvalue weighted by atomic mass is 9.94. The maximum absolute atomic E-state index is 13.2. The van der Waals surface area contributed by atoms with Crippen molar-refractivity contribution in [3.8, 4) is 5.75 Å². The van der Waals surface area contributed by atoms with Gasteiger partial charge in [0.15, 0.2) is 0 Å². The second kappa shape index (κ2) is 8.20. The Morgan fingerprint density at radius 2 is 2.11 bits per heavy atom. The molecule has 3 rings (SSSR count). The fraction of sp³-hybridized carbons (Fsp3) is 0.333. The van der Waals surface area contributed by atoms with Crippen LogP contribution < -0.4 is 10.1 Å². The van der Waals surface area contributed by atoms with E-state index in [4.69, 9.17) is 9.57 Å². The van der Waals surface area contributed by atoms with Crippen molar-refractivity contribution >= 4 is 11.6 Å². The van der Waals surface area contributed by atoms with Crippen molar-refractivity contribution in [3.05, 3.63) is 65.5 Å². The number of carbonyl (C=O) groups is 1. The Kier molecular flexibility index (Phi) is 5.74. The number of nitrogens with zero attached hydrogens (tertiary/aromatic N) is 1. The first-order chi connectivity index (χ1) is 13.0. The summed E-state index contributed by atoms with van der Waals surface area (Å²) >= 11 is 0. The van der Waals surface area contributed by atoms with Crippen molar-refractivity contribution < 1.29 is 18.8 Å². The molecule has 6 heteroatoms. The molecule has 0 aromatic heterocycles. The van der Waals surface area contributed by atoms with E-state index < -0.39 is 5.60 Å². The minimum Gasteiger partial charge on any atom is -0.496 e. The van der Waals surface area contributed by atoms with Crippen LogP contribution in [0.1, 0.15) is 30.9 Å². The predicted molar refractivity (Wildman–Crippen MR) is 101 cm³/mol. The SMILES string of the molecule is COc1ccccc1C1=NOC(C)(C(=O)NCCCc2cccc(F)c2)C1. The highest BCUT2D eigenvalue weighted by molar-refractivity contribution is 6.07. The van der Waals surface area contributed by atoms with Crippen molar-refractivity contribution in [1.82, 2.24) is 5.32 Å². The van der Waals surface area contributed by atoms with E-state index in [1.165, 1.54) is 12.1 Å². The van der Waals surface area contributed by atoms with Gasteiger partial charge in [-0.3, -0.25) is 4.79 Å². The molecule has 0 saturated heterocycles. The molecular formula is C21H23FN2O3.